The highest BCUT2D eigenvalue weighted by atomic mass is 16.5. The lowest BCUT2D eigenvalue weighted by Crippen LogP contribution is -2.36. The fourth-order valence-corrected chi connectivity index (χ4v) is 2.55. The summed E-state index contributed by atoms with van der Waals surface area (Å²) >= 11 is 0. The van der Waals surface area contributed by atoms with Crippen LogP contribution in [-0.4, -0.2) is 32.3 Å². The molecule has 2 heterocycles. The van der Waals surface area contributed by atoms with Gasteiger partial charge in [0.25, 0.3) is 0 Å². The summed E-state index contributed by atoms with van der Waals surface area (Å²) in [5.74, 6) is 0. The van der Waals surface area contributed by atoms with Gasteiger partial charge in [0, 0.05) is 36.6 Å². The van der Waals surface area contributed by atoms with Gasteiger partial charge in [-0.2, -0.15) is 0 Å². The molecule has 2 N–H and O–H groups in total. The highest BCUT2D eigenvalue weighted by Gasteiger charge is 2.12. The number of aryl methyl sites for hydroxylation is 1. The number of rotatable bonds is 4. The molecule has 23 heavy (non-hydrogen) atoms. The first kappa shape index (κ1) is 15.4. The van der Waals surface area contributed by atoms with Gasteiger partial charge in [-0.1, -0.05) is 0 Å². The summed E-state index contributed by atoms with van der Waals surface area (Å²) in [7, 11) is 0. The molecule has 1 aromatic carbocycles. The number of carbonyl (C=O) groups is 1. The third-order valence-electron chi connectivity index (χ3n) is 3.87. The monoisotopic (exact) mass is 315 g/mol. The molecule has 1 aliphatic heterocycles. The first-order chi connectivity index (χ1) is 11.2. The van der Waals surface area contributed by atoms with Crippen LogP contribution in [0, 0.1) is 6.92 Å². The largest absolute Gasteiger partial charge is 0.472 e. The van der Waals surface area contributed by atoms with Crippen LogP contribution in [0.25, 0.3) is 0 Å². The molecule has 1 fully saturated rings. The number of ether oxygens (including phenoxy) is 1. The van der Waals surface area contributed by atoms with Crippen LogP contribution in [0.4, 0.5) is 16.2 Å². The van der Waals surface area contributed by atoms with E-state index >= 15 is 0 Å². The minimum absolute atomic E-state index is 0.228. The minimum atomic E-state index is -0.228. The van der Waals surface area contributed by atoms with E-state index in [9.17, 15) is 4.79 Å². The predicted molar refractivity (Wildman–Crippen MR) is 88.8 cm³/mol. The molecule has 0 unspecified atom stereocenters. The molecule has 0 spiro atoms. The maximum absolute atomic E-state index is 12.0. The van der Waals surface area contributed by atoms with E-state index in [1.807, 2.05) is 25.1 Å². The lowest BCUT2D eigenvalue weighted by Gasteiger charge is -2.29. The Bertz CT molecular complexity index is 649. The molecule has 1 aromatic heterocycles. The molecule has 0 radical (unpaired) electrons. The lowest BCUT2D eigenvalue weighted by molar-refractivity contribution is 0.122. The number of urea groups is 1. The molecule has 3 rings (SSSR count). The maximum atomic E-state index is 12.0. The number of hydrogen-bond donors (Lipinski definition) is 2. The Hall–Kier alpha value is -2.47. The SMILES string of the molecule is Cc1cc(N2CCOCC2)ccc1NC(=O)NCc1ccoc1. The normalized spacial score (nSPS) is 14.6. The number of benzene rings is 1. The minimum Gasteiger partial charge on any atom is -0.472 e. The van der Waals surface area contributed by atoms with Crippen molar-refractivity contribution in [2.45, 2.75) is 13.5 Å². The van der Waals surface area contributed by atoms with Crippen LogP contribution in [0.5, 0.6) is 0 Å². The van der Waals surface area contributed by atoms with Gasteiger partial charge in [-0.05, 0) is 36.8 Å². The quantitative estimate of drug-likeness (QED) is 0.910. The van der Waals surface area contributed by atoms with Crippen molar-refractivity contribution in [3.8, 4) is 0 Å². The number of furan rings is 1. The summed E-state index contributed by atoms with van der Waals surface area (Å²) in [6, 6.07) is 7.66. The Balaban J connectivity index is 1.58. The summed E-state index contributed by atoms with van der Waals surface area (Å²) in [6.07, 6.45) is 3.20. The third-order valence-corrected chi connectivity index (χ3v) is 3.87. The summed E-state index contributed by atoms with van der Waals surface area (Å²) in [5, 5.41) is 5.68. The first-order valence-electron chi connectivity index (χ1n) is 7.71. The average Bonchev–Trinajstić information content (AvgIpc) is 3.09. The number of nitrogens with one attached hydrogen (secondary N) is 2. The highest BCUT2D eigenvalue weighted by Crippen LogP contribution is 2.23. The van der Waals surface area contributed by atoms with E-state index in [0.717, 1.165) is 48.8 Å². The van der Waals surface area contributed by atoms with E-state index in [1.165, 1.54) is 0 Å². The molecule has 0 atom stereocenters. The van der Waals surface area contributed by atoms with Crippen molar-refractivity contribution in [1.29, 1.82) is 0 Å². The second-order valence-electron chi connectivity index (χ2n) is 5.54. The zero-order valence-corrected chi connectivity index (χ0v) is 13.2. The van der Waals surface area contributed by atoms with Crippen LogP contribution in [0.1, 0.15) is 11.1 Å². The van der Waals surface area contributed by atoms with E-state index in [-0.39, 0.29) is 6.03 Å². The van der Waals surface area contributed by atoms with Crippen LogP contribution >= 0.6 is 0 Å². The number of morpholine rings is 1. The highest BCUT2D eigenvalue weighted by molar-refractivity contribution is 5.90. The van der Waals surface area contributed by atoms with Crippen LogP contribution < -0.4 is 15.5 Å². The molecule has 0 saturated carbocycles. The number of anilines is 2. The molecular formula is C17H21N3O3. The number of nitrogens with zero attached hydrogens (tertiary/aromatic N) is 1. The van der Waals surface area contributed by atoms with Crippen molar-refractivity contribution in [1.82, 2.24) is 5.32 Å². The molecule has 2 amide bonds. The smallest absolute Gasteiger partial charge is 0.319 e. The van der Waals surface area contributed by atoms with E-state index in [4.69, 9.17) is 9.15 Å². The van der Waals surface area contributed by atoms with Crippen molar-refractivity contribution >= 4 is 17.4 Å². The Morgan fingerprint density at radius 1 is 1.26 bits per heavy atom. The molecule has 6 nitrogen and oxygen atoms in total. The van der Waals surface area contributed by atoms with Crippen molar-refractivity contribution in [2.24, 2.45) is 0 Å². The predicted octanol–water partition coefficient (Wildman–Crippen LogP) is 2.75. The van der Waals surface area contributed by atoms with Gasteiger partial charge in [0.2, 0.25) is 0 Å². The third kappa shape index (κ3) is 4.04. The van der Waals surface area contributed by atoms with Crippen molar-refractivity contribution in [3.05, 3.63) is 47.9 Å². The molecule has 1 aliphatic rings. The standard InChI is InChI=1S/C17H21N3O3/c1-13-10-15(20-5-8-22-9-6-20)2-3-16(13)19-17(21)18-11-14-4-7-23-12-14/h2-4,7,10,12H,5-6,8-9,11H2,1H3,(H2,18,19,21). The fourth-order valence-electron chi connectivity index (χ4n) is 2.55. The maximum Gasteiger partial charge on any atom is 0.319 e. The molecular weight excluding hydrogens is 294 g/mol. The Labute approximate surface area is 135 Å². The van der Waals surface area contributed by atoms with Crippen LogP contribution in [0.15, 0.2) is 41.2 Å². The molecule has 2 aromatic rings. The van der Waals surface area contributed by atoms with Crippen LogP contribution in [-0.2, 0) is 11.3 Å². The van der Waals surface area contributed by atoms with Gasteiger partial charge in [-0.15, -0.1) is 0 Å². The fraction of sp³-hybridized carbons (Fsp3) is 0.353. The molecule has 0 aliphatic carbocycles. The van der Waals surface area contributed by atoms with Crippen molar-refractivity contribution < 1.29 is 13.9 Å². The van der Waals surface area contributed by atoms with E-state index in [0.29, 0.717) is 6.54 Å². The Kier molecular flexibility index (Phi) is 4.83. The molecule has 6 heteroatoms. The second kappa shape index (κ2) is 7.19. The summed E-state index contributed by atoms with van der Waals surface area (Å²) in [5.41, 5.74) is 3.94. The summed E-state index contributed by atoms with van der Waals surface area (Å²) < 4.78 is 10.3. The number of hydrogen-bond acceptors (Lipinski definition) is 4. The number of amides is 2. The van der Waals surface area contributed by atoms with Gasteiger partial charge in [-0.25, -0.2) is 4.79 Å². The van der Waals surface area contributed by atoms with Gasteiger partial charge in [0.15, 0.2) is 0 Å². The summed E-state index contributed by atoms with van der Waals surface area (Å²) in [4.78, 5) is 14.3. The topological polar surface area (TPSA) is 66.7 Å². The van der Waals surface area contributed by atoms with Gasteiger partial charge in [0.1, 0.15) is 0 Å². The molecule has 122 valence electrons. The van der Waals surface area contributed by atoms with E-state index < -0.39 is 0 Å². The van der Waals surface area contributed by atoms with E-state index in [1.54, 1.807) is 12.5 Å². The van der Waals surface area contributed by atoms with Gasteiger partial charge in [-0.3, -0.25) is 0 Å². The van der Waals surface area contributed by atoms with E-state index in [2.05, 4.69) is 21.6 Å². The van der Waals surface area contributed by atoms with Gasteiger partial charge >= 0.3 is 6.03 Å². The van der Waals surface area contributed by atoms with Crippen molar-refractivity contribution in [2.75, 3.05) is 36.5 Å². The Morgan fingerprint density at radius 3 is 2.78 bits per heavy atom. The average molecular weight is 315 g/mol. The van der Waals surface area contributed by atoms with Crippen molar-refractivity contribution in [3.63, 3.8) is 0 Å². The van der Waals surface area contributed by atoms with Gasteiger partial charge < -0.3 is 24.7 Å². The Morgan fingerprint density at radius 2 is 2.09 bits per heavy atom. The lowest BCUT2D eigenvalue weighted by atomic mass is 10.1. The number of carbonyl (C=O) groups excluding carboxylic acids is 1. The first-order valence-corrected chi connectivity index (χ1v) is 7.71. The summed E-state index contributed by atoms with van der Waals surface area (Å²) in [6.45, 7) is 5.75. The zero-order chi connectivity index (χ0) is 16.1. The second-order valence-corrected chi connectivity index (χ2v) is 5.54. The van der Waals surface area contributed by atoms with Gasteiger partial charge in [0.05, 0.1) is 25.7 Å². The zero-order valence-electron chi connectivity index (χ0n) is 13.2. The van der Waals surface area contributed by atoms with Crippen LogP contribution in [0.2, 0.25) is 0 Å². The molecule has 1 saturated heterocycles. The van der Waals surface area contributed by atoms with Crippen LogP contribution in [0.3, 0.4) is 0 Å². The molecule has 0 bridgehead atoms.